The summed E-state index contributed by atoms with van der Waals surface area (Å²) < 4.78 is 0. The van der Waals surface area contributed by atoms with Crippen molar-refractivity contribution in [3.05, 3.63) is 35.9 Å². The zero-order valence-corrected chi connectivity index (χ0v) is 9.24. The zero-order chi connectivity index (χ0) is 10.7. The van der Waals surface area contributed by atoms with Crippen molar-refractivity contribution in [3.8, 4) is 12.3 Å². The highest BCUT2D eigenvalue weighted by Crippen LogP contribution is 2.29. The second kappa shape index (κ2) is 4.08. The molecule has 0 spiro atoms. The van der Waals surface area contributed by atoms with Crippen LogP contribution in [0.2, 0.25) is 0 Å². The standard InChI is InChI=1S/C14H17N/c1-3-14(2)10-7-11-15(14)12-13-8-5-4-6-9-13/h1,4-6,8-9H,7,10-12H2,2H3. The molecule has 2 rings (SSSR count). The molecule has 1 aromatic carbocycles. The molecule has 15 heavy (non-hydrogen) atoms. The summed E-state index contributed by atoms with van der Waals surface area (Å²) in [7, 11) is 0. The number of nitrogens with zero attached hydrogens (tertiary/aromatic N) is 1. The Labute approximate surface area is 92.1 Å². The number of terminal acetylenes is 1. The SMILES string of the molecule is C#CC1(C)CCCN1Cc1ccccc1. The molecule has 1 nitrogen and oxygen atoms in total. The Hall–Kier alpha value is -1.26. The lowest BCUT2D eigenvalue weighted by Gasteiger charge is -2.30. The molecule has 0 radical (unpaired) electrons. The third-order valence-corrected chi connectivity index (χ3v) is 3.32. The maximum atomic E-state index is 5.62. The van der Waals surface area contributed by atoms with Gasteiger partial charge >= 0.3 is 0 Å². The van der Waals surface area contributed by atoms with Crippen molar-refractivity contribution >= 4 is 0 Å². The van der Waals surface area contributed by atoms with Gasteiger partial charge in [-0.05, 0) is 25.3 Å². The third kappa shape index (κ3) is 2.06. The fraction of sp³-hybridized carbons (Fsp3) is 0.429. The fourth-order valence-electron chi connectivity index (χ4n) is 2.24. The smallest absolute Gasteiger partial charge is 0.0797 e. The van der Waals surface area contributed by atoms with Crippen LogP contribution in [0.5, 0.6) is 0 Å². The predicted octanol–water partition coefficient (Wildman–Crippen LogP) is 2.67. The van der Waals surface area contributed by atoms with E-state index in [2.05, 4.69) is 42.0 Å². The first-order valence-corrected chi connectivity index (χ1v) is 5.51. The van der Waals surface area contributed by atoms with Crippen LogP contribution in [0, 0.1) is 12.3 Å². The third-order valence-electron chi connectivity index (χ3n) is 3.32. The van der Waals surface area contributed by atoms with Gasteiger partial charge in [0.1, 0.15) is 0 Å². The Bertz CT molecular complexity index is 363. The quantitative estimate of drug-likeness (QED) is 0.662. The Morgan fingerprint density at radius 1 is 1.40 bits per heavy atom. The number of hydrogen-bond acceptors (Lipinski definition) is 1. The molecule has 0 bridgehead atoms. The minimum atomic E-state index is -0.0319. The predicted molar refractivity (Wildman–Crippen MR) is 63.3 cm³/mol. The van der Waals surface area contributed by atoms with Crippen LogP contribution in [0.3, 0.4) is 0 Å². The average Bonchev–Trinajstić information content (AvgIpc) is 2.63. The van der Waals surface area contributed by atoms with Crippen LogP contribution in [-0.2, 0) is 6.54 Å². The van der Waals surface area contributed by atoms with Crippen molar-refractivity contribution in [2.24, 2.45) is 0 Å². The van der Waals surface area contributed by atoms with Crippen LogP contribution >= 0.6 is 0 Å². The van der Waals surface area contributed by atoms with Crippen molar-refractivity contribution in [2.45, 2.75) is 31.8 Å². The van der Waals surface area contributed by atoms with E-state index in [0.29, 0.717) is 0 Å². The molecule has 1 saturated heterocycles. The highest BCUT2D eigenvalue weighted by Gasteiger charge is 2.34. The van der Waals surface area contributed by atoms with Gasteiger partial charge in [0.25, 0.3) is 0 Å². The molecule has 1 fully saturated rings. The molecular weight excluding hydrogens is 182 g/mol. The van der Waals surface area contributed by atoms with Gasteiger partial charge in [-0.15, -0.1) is 6.42 Å². The number of hydrogen-bond donors (Lipinski definition) is 0. The van der Waals surface area contributed by atoms with E-state index in [-0.39, 0.29) is 5.54 Å². The van der Waals surface area contributed by atoms with E-state index in [1.165, 1.54) is 12.0 Å². The Kier molecular flexibility index (Phi) is 2.79. The van der Waals surface area contributed by atoms with Gasteiger partial charge in [-0.25, -0.2) is 0 Å². The summed E-state index contributed by atoms with van der Waals surface area (Å²) in [6.07, 6.45) is 7.96. The van der Waals surface area contributed by atoms with Crippen molar-refractivity contribution in [3.63, 3.8) is 0 Å². The monoisotopic (exact) mass is 199 g/mol. The van der Waals surface area contributed by atoms with Crippen molar-refractivity contribution in [1.82, 2.24) is 4.90 Å². The van der Waals surface area contributed by atoms with Gasteiger partial charge in [-0.1, -0.05) is 36.3 Å². The second-order valence-corrected chi connectivity index (χ2v) is 4.43. The van der Waals surface area contributed by atoms with Gasteiger partial charge < -0.3 is 0 Å². The lowest BCUT2D eigenvalue weighted by atomic mass is 10.00. The summed E-state index contributed by atoms with van der Waals surface area (Å²) in [5.41, 5.74) is 1.32. The maximum absolute atomic E-state index is 5.62. The van der Waals surface area contributed by atoms with E-state index < -0.39 is 0 Å². The van der Waals surface area contributed by atoms with Gasteiger partial charge in [0.15, 0.2) is 0 Å². The molecule has 1 aromatic rings. The number of rotatable bonds is 2. The lowest BCUT2D eigenvalue weighted by Crippen LogP contribution is -2.39. The number of likely N-dealkylation sites (tertiary alicyclic amines) is 1. The summed E-state index contributed by atoms with van der Waals surface area (Å²) in [6, 6.07) is 10.5. The van der Waals surface area contributed by atoms with Crippen LogP contribution in [0.25, 0.3) is 0 Å². The zero-order valence-electron chi connectivity index (χ0n) is 9.24. The van der Waals surface area contributed by atoms with Crippen LogP contribution in [-0.4, -0.2) is 17.0 Å². The van der Waals surface area contributed by atoms with Crippen molar-refractivity contribution in [2.75, 3.05) is 6.54 Å². The van der Waals surface area contributed by atoms with Gasteiger partial charge in [-0.3, -0.25) is 4.90 Å². The summed E-state index contributed by atoms with van der Waals surface area (Å²) in [6.45, 7) is 4.26. The number of benzene rings is 1. The van der Waals surface area contributed by atoms with Gasteiger partial charge in [-0.2, -0.15) is 0 Å². The van der Waals surface area contributed by atoms with Crippen LogP contribution < -0.4 is 0 Å². The Balaban J connectivity index is 2.10. The molecule has 1 unspecified atom stereocenters. The van der Waals surface area contributed by atoms with Crippen LogP contribution in [0.4, 0.5) is 0 Å². The molecule has 0 aromatic heterocycles. The molecular formula is C14H17N. The highest BCUT2D eigenvalue weighted by atomic mass is 15.2. The first kappa shape index (κ1) is 10.3. The minimum absolute atomic E-state index is 0.0319. The molecule has 1 atom stereocenters. The normalized spacial score (nSPS) is 26.4. The molecule has 0 saturated carbocycles. The molecule has 0 aliphatic carbocycles. The Morgan fingerprint density at radius 3 is 2.80 bits per heavy atom. The summed E-state index contributed by atoms with van der Waals surface area (Å²) >= 11 is 0. The first-order chi connectivity index (χ1) is 7.24. The first-order valence-electron chi connectivity index (χ1n) is 5.51. The van der Waals surface area contributed by atoms with E-state index >= 15 is 0 Å². The van der Waals surface area contributed by atoms with E-state index in [0.717, 1.165) is 19.5 Å². The lowest BCUT2D eigenvalue weighted by molar-refractivity contribution is 0.203. The largest absolute Gasteiger partial charge is 0.283 e. The van der Waals surface area contributed by atoms with E-state index in [9.17, 15) is 0 Å². The fourth-order valence-corrected chi connectivity index (χ4v) is 2.24. The summed E-state index contributed by atoms with van der Waals surface area (Å²) in [5, 5.41) is 0. The summed E-state index contributed by atoms with van der Waals surface area (Å²) in [5.74, 6) is 2.94. The molecule has 0 amide bonds. The highest BCUT2D eigenvalue weighted by molar-refractivity contribution is 5.19. The average molecular weight is 199 g/mol. The van der Waals surface area contributed by atoms with E-state index in [1.807, 2.05) is 6.07 Å². The molecule has 78 valence electrons. The Morgan fingerprint density at radius 2 is 2.13 bits per heavy atom. The molecule has 1 aliphatic heterocycles. The molecule has 0 N–H and O–H groups in total. The van der Waals surface area contributed by atoms with Crippen LogP contribution in [0.1, 0.15) is 25.3 Å². The molecule has 1 aliphatic rings. The maximum Gasteiger partial charge on any atom is 0.0797 e. The summed E-state index contributed by atoms with van der Waals surface area (Å²) in [4.78, 5) is 2.41. The minimum Gasteiger partial charge on any atom is -0.283 e. The molecule has 1 heterocycles. The van der Waals surface area contributed by atoms with E-state index in [4.69, 9.17) is 6.42 Å². The van der Waals surface area contributed by atoms with Gasteiger partial charge in [0.05, 0.1) is 5.54 Å². The van der Waals surface area contributed by atoms with Gasteiger partial charge in [0.2, 0.25) is 0 Å². The molecule has 1 heteroatoms. The second-order valence-electron chi connectivity index (χ2n) is 4.43. The van der Waals surface area contributed by atoms with Crippen LogP contribution in [0.15, 0.2) is 30.3 Å². The van der Waals surface area contributed by atoms with E-state index in [1.54, 1.807) is 0 Å². The van der Waals surface area contributed by atoms with Crippen molar-refractivity contribution < 1.29 is 0 Å². The topological polar surface area (TPSA) is 3.24 Å². The van der Waals surface area contributed by atoms with Crippen molar-refractivity contribution in [1.29, 1.82) is 0 Å². The van der Waals surface area contributed by atoms with Gasteiger partial charge in [0, 0.05) is 13.1 Å².